The third-order valence-electron chi connectivity index (χ3n) is 4.46. The van der Waals surface area contributed by atoms with Crippen molar-refractivity contribution >= 4 is 17.5 Å². The first-order chi connectivity index (χ1) is 11.2. The molecular formula is C17H24N3O3+. The van der Waals surface area contributed by atoms with Crippen LogP contribution >= 0.6 is 0 Å². The molecular weight excluding hydrogens is 294 g/mol. The Hall–Kier alpha value is -1.92. The maximum absolute atomic E-state index is 12.3. The van der Waals surface area contributed by atoms with Gasteiger partial charge in [-0.05, 0) is 25.0 Å². The van der Waals surface area contributed by atoms with E-state index in [1.54, 1.807) is 0 Å². The van der Waals surface area contributed by atoms with Crippen LogP contribution in [-0.2, 0) is 14.3 Å². The summed E-state index contributed by atoms with van der Waals surface area (Å²) < 4.78 is 5.46. The second-order valence-electron chi connectivity index (χ2n) is 6.17. The van der Waals surface area contributed by atoms with Gasteiger partial charge in [0.2, 0.25) is 0 Å². The summed E-state index contributed by atoms with van der Waals surface area (Å²) >= 11 is 0. The van der Waals surface area contributed by atoms with Crippen molar-refractivity contribution in [3.63, 3.8) is 0 Å². The van der Waals surface area contributed by atoms with Gasteiger partial charge in [0.15, 0.2) is 6.54 Å². The number of ether oxygens (including phenoxy) is 1. The highest BCUT2D eigenvalue weighted by molar-refractivity contribution is 5.91. The van der Waals surface area contributed by atoms with Crippen molar-refractivity contribution in [2.45, 2.75) is 18.9 Å². The van der Waals surface area contributed by atoms with Crippen LogP contribution in [0.25, 0.3) is 0 Å². The number of carbonyl (C=O) groups excluding carboxylic acids is 2. The molecule has 23 heavy (non-hydrogen) atoms. The number of nitrogens with zero attached hydrogens (tertiary/aromatic N) is 1. The number of nitrogens with one attached hydrogen (secondary N) is 2. The topological polar surface area (TPSA) is 63.1 Å². The molecule has 2 N–H and O–H groups in total. The summed E-state index contributed by atoms with van der Waals surface area (Å²) in [6.45, 7) is 4.15. The van der Waals surface area contributed by atoms with Gasteiger partial charge in [-0.15, -0.1) is 0 Å². The molecule has 3 rings (SSSR count). The highest BCUT2D eigenvalue weighted by Gasteiger charge is 2.31. The fourth-order valence-electron chi connectivity index (χ4n) is 3.15. The minimum Gasteiger partial charge on any atom is -0.368 e. The summed E-state index contributed by atoms with van der Waals surface area (Å²) in [4.78, 5) is 27.5. The zero-order valence-corrected chi connectivity index (χ0v) is 13.3. The smallest absolute Gasteiger partial charge is 0.279 e. The first kappa shape index (κ1) is 16.0. The number of hydrogen-bond donors (Lipinski definition) is 2. The summed E-state index contributed by atoms with van der Waals surface area (Å²) in [5.41, 5.74) is 0.823. The number of benzene rings is 1. The molecule has 1 atom stereocenters. The van der Waals surface area contributed by atoms with Crippen LogP contribution in [0.2, 0.25) is 0 Å². The van der Waals surface area contributed by atoms with E-state index in [1.807, 2.05) is 35.2 Å². The van der Waals surface area contributed by atoms with Crippen molar-refractivity contribution in [1.82, 2.24) is 4.90 Å². The van der Waals surface area contributed by atoms with Crippen molar-refractivity contribution in [2.24, 2.45) is 0 Å². The summed E-state index contributed by atoms with van der Waals surface area (Å²) in [5.74, 6) is 0.139. The van der Waals surface area contributed by atoms with Crippen LogP contribution in [0.15, 0.2) is 30.3 Å². The van der Waals surface area contributed by atoms with Crippen molar-refractivity contribution < 1.29 is 19.2 Å². The van der Waals surface area contributed by atoms with Gasteiger partial charge in [-0.2, -0.15) is 0 Å². The summed E-state index contributed by atoms with van der Waals surface area (Å²) in [6, 6.07) is 9.48. The highest BCUT2D eigenvalue weighted by atomic mass is 16.5. The zero-order valence-electron chi connectivity index (χ0n) is 13.3. The molecule has 124 valence electrons. The maximum Gasteiger partial charge on any atom is 0.279 e. The number of quaternary nitrogens is 1. The molecule has 0 aliphatic carbocycles. The summed E-state index contributed by atoms with van der Waals surface area (Å²) in [5, 5.41) is 2.91. The van der Waals surface area contributed by atoms with Crippen LogP contribution in [0.1, 0.15) is 12.8 Å². The maximum atomic E-state index is 12.3. The van der Waals surface area contributed by atoms with E-state index in [1.165, 1.54) is 4.90 Å². The molecule has 2 amide bonds. The normalized spacial score (nSPS) is 22.1. The second kappa shape index (κ2) is 7.57. The average molecular weight is 318 g/mol. The second-order valence-corrected chi connectivity index (χ2v) is 6.17. The first-order valence-corrected chi connectivity index (χ1v) is 8.31. The number of para-hydroxylation sites is 1. The van der Waals surface area contributed by atoms with Gasteiger partial charge in [-0.25, -0.2) is 0 Å². The van der Waals surface area contributed by atoms with Gasteiger partial charge in [0, 0.05) is 12.3 Å². The highest BCUT2D eigenvalue weighted by Crippen LogP contribution is 2.14. The Morgan fingerprint density at radius 1 is 1.22 bits per heavy atom. The average Bonchev–Trinajstić information content (AvgIpc) is 3.10. The van der Waals surface area contributed by atoms with Gasteiger partial charge in [-0.3, -0.25) is 9.59 Å². The molecule has 0 bridgehead atoms. The quantitative estimate of drug-likeness (QED) is 0.789. The molecule has 1 aromatic rings. The Balaban J connectivity index is 1.42. The van der Waals surface area contributed by atoms with E-state index in [9.17, 15) is 9.59 Å². The lowest BCUT2D eigenvalue weighted by Crippen LogP contribution is -3.15. The number of carbonyl (C=O) groups is 2. The SMILES string of the molecule is O=C(C[NH+]1CCN(C(=O)[C@@H]2CCCO2)CC1)Nc1ccccc1. The van der Waals surface area contributed by atoms with E-state index in [4.69, 9.17) is 4.74 Å². The molecule has 2 aliphatic rings. The molecule has 0 spiro atoms. The molecule has 1 aromatic carbocycles. The third-order valence-corrected chi connectivity index (χ3v) is 4.46. The van der Waals surface area contributed by atoms with Crippen LogP contribution in [0.5, 0.6) is 0 Å². The predicted octanol–water partition coefficient (Wildman–Crippen LogP) is -0.469. The summed E-state index contributed by atoms with van der Waals surface area (Å²) in [6.07, 6.45) is 1.57. The number of rotatable bonds is 4. The first-order valence-electron chi connectivity index (χ1n) is 8.31. The van der Waals surface area contributed by atoms with Crippen LogP contribution < -0.4 is 10.2 Å². The van der Waals surface area contributed by atoms with E-state index in [-0.39, 0.29) is 17.9 Å². The Morgan fingerprint density at radius 2 is 1.96 bits per heavy atom. The molecule has 0 aromatic heterocycles. The minimum absolute atomic E-state index is 0.0186. The molecule has 6 heteroatoms. The molecule has 0 radical (unpaired) electrons. The lowest BCUT2D eigenvalue weighted by Gasteiger charge is -2.33. The van der Waals surface area contributed by atoms with E-state index >= 15 is 0 Å². The van der Waals surface area contributed by atoms with Crippen molar-refractivity contribution in [3.8, 4) is 0 Å². The lowest BCUT2D eigenvalue weighted by atomic mass is 10.2. The van der Waals surface area contributed by atoms with E-state index in [0.717, 1.165) is 31.6 Å². The zero-order chi connectivity index (χ0) is 16.1. The molecule has 2 fully saturated rings. The van der Waals surface area contributed by atoms with Gasteiger partial charge in [0.05, 0.1) is 26.2 Å². The van der Waals surface area contributed by atoms with Crippen molar-refractivity contribution in [2.75, 3.05) is 44.6 Å². The van der Waals surface area contributed by atoms with Crippen LogP contribution in [0.4, 0.5) is 5.69 Å². The van der Waals surface area contributed by atoms with Gasteiger partial charge >= 0.3 is 0 Å². The largest absolute Gasteiger partial charge is 0.368 e. The van der Waals surface area contributed by atoms with E-state index < -0.39 is 0 Å². The fraction of sp³-hybridized carbons (Fsp3) is 0.529. The van der Waals surface area contributed by atoms with Crippen LogP contribution in [0, 0.1) is 0 Å². The monoisotopic (exact) mass is 318 g/mol. The van der Waals surface area contributed by atoms with Gasteiger partial charge in [0.25, 0.3) is 11.8 Å². The molecule has 6 nitrogen and oxygen atoms in total. The fourth-order valence-corrected chi connectivity index (χ4v) is 3.15. The Morgan fingerprint density at radius 3 is 2.61 bits per heavy atom. The van der Waals surface area contributed by atoms with Gasteiger partial charge < -0.3 is 19.9 Å². The number of hydrogen-bond acceptors (Lipinski definition) is 3. The van der Waals surface area contributed by atoms with Crippen molar-refractivity contribution in [1.29, 1.82) is 0 Å². The Kier molecular flexibility index (Phi) is 5.25. The predicted molar refractivity (Wildman–Crippen MR) is 86.2 cm³/mol. The number of amides is 2. The van der Waals surface area contributed by atoms with Gasteiger partial charge in [-0.1, -0.05) is 18.2 Å². The third kappa shape index (κ3) is 4.30. The molecule has 2 heterocycles. The molecule has 0 unspecified atom stereocenters. The number of piperazine rings is 1. The molecule has 0 saturated carbocycles. The van der Waals surface area contributed by atoms with Crippen LogP contribution in [0.3, 0.4) is 0 Å². The van der Waals surface area contributed by atoms with Crippen molar-refractivity contribution in [3.05, 3.63) is 30.3 Å². The Bertz CT molecular complexity index is 535. The van der Waals surface area contributed by atoms with Crippen LogP contribution in [-0.4, -0.2) is 62.1 Å². The standard InChI is InChI=1S/C17H23N3O3/c21-16(18-14-5-2-1-3-6-14)13-19-8-10-20(11-9-19)17(22)15-7-4-12-23-15/h1-3,5-6,15H,4,7-13H2,(H,18,21)/p+1/t15-/m0/s1. The minimum atomic E-state index is -0.238. The lowest BCUT2D eigenvalue weighted by molar-refractivity contribution is -0.895. The van der Waals surface area contributed by atoms with E-state index in [0.29, 0.717) is 26.2 Å². The Labute approximate surface area is 136 Å². The number of anilines is 1. The van der Waals surface area contributed by atoms with E-state index in [2.05, 4.69) is 5.32 Å². The molecule has 2 aliphatic heterocycles. The summed E-state index contributed by atoms with van der Waals surface area (Å²) in [7, 11) is 0. The molecule has 2 saturated heterocycles. The van der Waals surface area contributed by atoms with Gasteiger partial charge in [0.1, 0.15) is 6.10 Å².